The van der Waals surface area contributed by atoms with E-state index in [1.807, 2.05) is 37.8 Å². The Morgan fingerprint density at radius 2 is 1.68 bits per heavy atom. The fourth-order valence-corrected chi connectivity index (χ4v) is 3.16. The van der Waals surface area contributed by atoms with E-state index in [-0.39, 0.29) is 0 Å². The Morgan fingerprint density at radius 3 is 2.39 bits per heavy atom. The lowest BCUT2D eigenvalue weighted by Crippen LogP contribution is -2.15. The third kappa shape index (κ3) is 3.49. The number of aromatic nitrogens is 3. The summed E-state index contributed by atoms with van der Waals surface area (Å²) in [6.45, 7) is 2.10. The van der Waals surface area contributed by atoms with Crippen molar-refractivity contribution in [2.45, 2.75) is 6.92 Å². The first-order valence-corrected chi connectivity index (χ1v) is 9.21. The predicted octanol–water partition coefficient (Wildman–Crippen LogP) is 4.62. The van der Waals surface area contributed by atoms with E-state index >= 15 is 0 Å². The number of anilines is 5. The van der Waals surface area contributed by atoms with Gasteiger partial charge in [0.05, 0.1) is 6.20 Å². The lowest BCUT2D eigenvalue weighted by Gasteiger charge is -2.21. The van der Waals surface area contributed by atoms with Gasteiger partial charge in [-0.3, -0.25) is 0 Å². The van der Waals surface area contributed by atoms with Crippen molar-refractivity contribution in [2.75, 3.05) is 36.3 Å². The molecule has 2 aromatic carbocycles. The predicted molar refractivity (Wildman–Crippen MR) is 116 cm³/mol. The summed E-state index contributed by atoms with van der Waals surface area (Å²) in [5, 5.41) is 7.86. The molecule has 0 aliphatic heterocycles. The molecule has 142 valence electrons. The van der Waals surface area contributed by atoms with Crippen LogP contribution in [0.15, 0.2) is 66.9 Å². The Kier molecular flexibility index (Phi) is 4.61. The molecule has 6 heteroatoms. The zero-order valence-corrected chi connectivity index (χ0v) is 16.6. The van der Waals surface area contributed by atoms with Crippen LogP contribution in [0.25, 0.3) is 5.65 Å². The fourth-order valence-electron chi connectivity index (χ4n) is 3.16. The average Bonchev–Trinajstić information content (AvgIpc) is 3.16. The summed E-state index contributed by atoms with van der Waals surface area (Å²) < 4.78 is 1.85. The summed E-state index contributed by atoms with van der Waals surface area (Å²) in [7, 11) is 6.11. The first-order chi connectivity index (χ1) is 13.5. The normalized spacial score (nSPS) is 10.9. The van der Waals surface area contributed by atoms with Crippen LogP contribution in [0, 0.1) is 6.92 Å². The number of fused-ring (bicyclic) bond motifs is 1. The van der Waals surface area contributed by atoms with Crippen molar-refractivity contribution >= 4 is 34.3 Å². The smallest absolute Gasteiger partial charge is 0.159 e. The number of hydrogen-bond donors (Lipinski definition) is 1. The lowest BCUT2D eigenvalue weighted by molar-refractivity contribution is 0.913. The molecule has 0 aliphatic rings. The van der Waals surface area contributed by atoms with Gasteiger partial charge in [-0.2, -0.15) is 9.61 Å². The lowest BCUT2D eigenvalue weighted by atomic mass is 10.2. The van der Waals surface area contributed by atoms with Gasteiger partial charge in [0.15, 0.2) is 5.65 Å². The quantitative estimate of drug-likeness (QED) is 0.554. The summed E-state index contributed by atoms with van der Waals surface area (Å²) >= 11 is 0. The minimum Gasteiger partial charge on any atom is -0.378 e. The maximum absolute atomic E-state index is 4.69. The van der Waals surface area contributed by atoms with Gasteiger partial charge in [0.1, 0.15) is 11.6 Å². The monoisotopic (exact) mass is 372 g/mol. The molecule has 6 nitrogen and oxygen atoms in total. The van der Waals surface area contributed by atoms with Gasteiger partial charge < -0.3 is 15.1 Å². The van der Waals surface area contributed by atoms with E-state index in [4.69, 9.17) is 4.98 Å². The molecular weight excluding hydrogens is 348 g/mol. The van der Waals surface area contributed by atoms with E-state index in [1.165, 1.54) is 5.56 Å². The molecule has 0 atom stereocenters. The third-order valence-electron chi connectivity index (χ3n) is 4.73. The summed E-state index contributed by atoms with van der Waals surface area (Å²) in [5.41, 5.74) is 5.26. The molecule has 2 aromatic heterocycles. The number of nitrogens with zero attached hydrogens (tertiary/aromatic N) is 5. The molecule has 0 radical (unpaired) electrons. The largest absolute Gasteiger partial charge is 0.378 e. The van der Waals surface area contributed by atoms with Crippen molar-refractivity contribution in [1.29, 1.82) is 0 Å². The molecule has 0 aliphatic carbocycles. The minimum absolute atomic E-state index is 0.778. The molecule has 0 fully saturated rings. The summed E-state index contributed by atoms with van der Waals surface area (Å²) in [6, 6.07) is 20.6. The molecule has 0 amide bonds. The Morgan fingerprint density at radius 1 is 0.893 bits per heavy atom. The van der Waals surface area contributed by atoms with Gasteiger partial charge in [0, 0.05) is 50.3 Å². The van der Waals surface area contributed by atoms with Crippen LogP contribution in [-0.2, 0) is 0 Å². The number of nitrogens with one attached hydrogen (secondary N) is 1. The number of benzene rings is 2. The Balaban J connectivity index is 1.70. The van der Waals surface area contributed by atoms with E-state index in [1.54, 1.807) is 6.20 Å². The van der Waals surface area contributed by atoms with Gasteiger partial charge in [-0.15, -0.1) is 0 Å². The highest BCUT2D eigenvalue weighted by atomic mass is 15.3. The van der Waals surface area contributed by atoms with Crippen molar-refractivity contribution in [2.24, 2.45) is 0 Å². The molecular formula is C22H24N6. The fraction of sp³-hybridized carbons (Fsp3) is 0.182. The number of rotatable bonds is 5. The van der Waals surface area contributed by atoms with E-state index in [0.29, 0.717) is 0 Å². The average molecular weight is 372 g/mol. The van der Waals surface area contributed by atoms with Crippen LogP contribution in [0.4, 0.5) is 28.7 Å². The first kappa shape index (κ1) is 17.9. The van der Waals surface area contributed by atoms with Gasteiger partial charge in [-0.1, -0.05) is 12.1 Å². The molecule has 0 saturated heterocycles. The molecule has 0 saturated carbocycles. The molecule has 0 unspecified atom stereocenters. The molecule has 28 heavy (non-hydrogen) atoms. The second-order valence-electron chi connectivity index (χ2n) is 7.07. The number of aryl methyl sites for hydroxylation is 1. The summed E-state index contributed by atoms with van der Waals surface area (Å²) in [5.74, 6) is 1.72. The van der Waals surface area contributed by atoms with Crippen LogP contribution in [0.2, 0.25) is 0 Å². The SMILES string of the molecule is Cc1cccc(N(C)c2cc(Nc3ccc(N(C)C)cc3)nc3ccnn23)c1. The standard InChI is InChI=1S/C22H24N6/c1-16-6-5-7-19(14-16)27(4)22-15-20(25-21-12-13-23-28(21)22)24-17-8-10-18(11-9-17)26(2)3/h5-15H,1-4H3,(H,24,25). The zero-order chi connectivity index (χ0) is 19.7. The highest BCUT2D eigenvalue weighted by Crippen LogP contribution is 2.28. The molecule has 1 N–H and O–H groups in total. The van der Waals surface area contributed by atoms with E-state index in [0.717, 1.165) is 34.3 Å². The highest BCUT2D eigenvalue weighted by Gasteiger charge is 2.12. The summed E-state index contributed by atoms with van der Waals surface area (Å²) in [4.78, 5) is 8.89. The molecule has 0 spiro atoms. The maximum atomic E-state index is 4.69. The van der Waals surface area contributed by atoms with Gasteiger partial charge in [-0.25, -0.2) is 4.98 Å². The second kappa shape index (κ2) is 7.23. The van der Waals surface area contributed by atoms with Crippen molar-refractivity contribution in [3.8, 4) is 0 Å². The van der Waals surface area contributed by atoms with Crippen molar-refractivity contribution < 1.29 is 0 Å². The van der Waals surface area contributed by atoms with Crippen LogP contribution in [-0.4, -0.2) is 35.7 Å². The van der Waals surface area contributed by atoms with Gasteiger partial charge >= 0.3 is 0 Å². The Labute approximate surface area is 165 Å². The van der Waals surface area contributed by atoms with Crippen molar-refractivity contribution in [3.63, 3.8) is 0 Å². The zero-order valence-electron chi connectivity index (χ0n) is 16.6. The Bertz CT molecular complexity index is 1100. The molecule has 0 bridgehead atoms. The van der Waals surface area contributed by atoms with Crippen molar-refractivity contribution in [3.05, 3.63) is 72.4 Å². The van der Waals surface area contributed by atoms with Gasteiger partial charge in [0.25, 0.3) is 0 Å². The molecule has 4 aromatic rings. The van der Waals surface area contributed by atoms with Crippen molar-refractivity contribution in [1.82, 2.24) is 14.6 Å². The molecule has 4 rings (SSSR count). The van der Waals surface area contributed by atoms with E-state index < -0.39 is 0 Å². The first-order valence-electron chi connectivity index (χ1n) is 9.21. The van der Waals surface area contributed by atoms with Crippen LogP contribution in [0.5, 0.6) is 0 Å². The minimum atomic E-state index is 0.778. The molecule has 2 heterocycles. The third-order valence-corrected chi connectivity index (χ3v) is 4.73. The van der Waals surface area contributed by atoms with Gasteiger partial charge in [0.2, 0.25) is 0 Å². The van der Waals surface area contributed by atoms with Gasteiger partial charge in [-0.05, 0) is 48.9 Å². The van der Waals surface area contributed by atoms with Crippen LogP contribution < -0.4 is 15.1 Å². The second-order valence-corrected chi connectivity index (χ2v) is 7.07. The topological polar surface area (TPSA) is 48.7 Å². The van der Waals surface area contributed by atoms with Crippen LogP contribution in [0.1, 0.15) is 5.56 Å². The number of hydrogen-bond acceptors (Lipinski definition) is 5. The highest BCUT2D eigenvalue weighted by molar-refractivity contribution is 5.69. The van der Waals surface area contributed by atoms with Crippen LogP contribution >= 0.6 is 0 Å². The maximum Gasteiger partial charge on any atom is 0.159 e. The van der Waals surface area contributed by atoms with Crippen LogP contribution in [0.3, 0.4) is 0 Å². The Hall–Kier alpha value is -3.54. The van der Waals surface area contributed by atoms with E-state index in [2.05, 4.69) is 75.7 Å². The van der Waals surface area contributed by atoms with E-state index in [9.17, 15) is 0 Å². The summed E-state index contributed by atoms with van der Waals surface area (Å²) in [6.07, 6.45) is 1.77.